The fourth-order valence-corrected chi connectivity index (χ4v) is 22.1. The molecule has 2 unspecified atom stereocenters. The predicted molar refractivity (Wildman–Crippen MR) is 494 cm³/mol. The van der Waals surface area contributed by atoms with Crippen LogP contribution in [-0.4, -0.2) is 68.0 Å². The van der Waals surface area contributed by atoms with Crippen molar-refractivity contribution in [2.24, 2.45) is 35.5 Å². The number of aryl methyl sites for hydroxylation is 3. The van der Waals surface area contributed by atoms with E-state index in [1.165, 1.54) is 184 Å². The molecule has 8 nitrogen and oxygen atoms in total. The standard InChI is InChI=1S/C40H54.C39H54.C26H32ClN6O2P/c1-7-31-26-36(34-20-18-33(19-21-34)32-16-12-28(2)13-17-32)23-22-35(31)24-30-15-14-29(3)38(25-30)27-37-10-8-9-11-39(37)40(4,5)6;1-6-30-26-35(33-20-18-32(19-21-33)31-12-8-7-9-13-31)23-22-34(30)24-29-17-16-28(2)37(25-29)27-36-14-10-11-15-38(36)39(3,4)5;1-5-16-36(4,34)24-9-7-6-8-22(24)29-25-20(27)18-28-26(31-25)30-21-11-10-19(17-23(21)35-3)33-14-12-32(2)13-15-33/h8-11,14-15,22-23,25-26,28,32-34H,7,12-13,16-21,24,27H2,1-6H3;10-11,14-16,22-23,25-26,29,31-33H,6-9,12-13,17-21,24,27H2,1-5H3;5-11,17-18H,1,12-16H2,2-4H3,(H2,28,29,30,31). The van der Waals surface area contributed by atoms with E-state index in [1.807, 2.05) is 36.4 Å². The summed E-state index contributed by atoms with van der Waals surface area (Å²) in [6, 6.07) is 54.0. The third-order valence-corrected chi connectivity index (χ3v) is 30.0. The maximum atomic E-state index is 13.2. The number of aromatic nitrogens is 2. The van der Waals surface area contributed by atoms with Crippen LogP contribution in [0.1, 0.15) is 269 Å². The third kappa shape index (κ3) is 23.3. The highest BCUT2D eigenvalue weighted by Gasteiger charge is 2.33. The van der Waals surface area contributed by atoms with Crippen molar-refractivity contribution < 1.29 is 9.30 Å². The number of anilines is 5. The van der Waals surface area contributed by atoms with E-state index in [2.05, 4.69) is 242 Å². The van der Waals surface area contributed by atoms with Gasteiger partial charge in [-0.1, -0.05) is 258 Å². The number of hydrogen-bond donors (Lipinski definition) is 2. The van der Waals surface area contributed by atoms with Crippen LogP contribution in [-0.2, 0) is 53.9 Å². The molecule has 4 saturated carbocycles. The zero-order chi connectivity index (χ0) is 81.4. The number of methoxy groups -OCH3 is 1. The molecule has 0 amide bonds. The second-order valence-corrected chi connectivity index (χ2v) is 41.1. The highest BCUT2D eigenvalue weighted by Crippen LogP contribution is 2.48. The first-order valence-corrected chi connectivity index (χ1v) is 47.4. The number of benzene rings is 7. The first kappa shape index (κ1) is 86.8. The van der Waals surface area contributed by atoms with Crippen molar-refractivity contribution in [3.63, 3.8) is 0 Å². The van der Waals surface area contributed by atoms with Crippen molar-refractivity contribution in [2.75, 3.05) is 68.7 Å². The number of hydrogen-bond acceptors (Lipinski definition) is 8. The number of halogens is 1. The Balaban J connectivity index is 0.000000160. The van der Waals surface area contributed by atoms with Gasteiger partial charge in [0.25, 0.3) is 0 Å². The number of ether oxygens (including phenoxy) is 1. The summed E-state index contributed by atoms with van der Waals surface area (Å²) in [5.74, 6) is 8.68. The van der Waals surface area contributed by atoms with Crippen molar-refractivity contribution in [3.8, 4) is 5.75 Å². The summed E-state index contributed by atoms with van der Waals surface area (Å²) in [6.07, 6.45) is 41.3. The van der Waals surface area contributed by atoms with Crippen LogP contribution < -0.4 is 25.6 Å². The van der Waals surface area contributed by atoms with Gasteiger partial charge in [-0.3, -0.25) is 0 Å². The van der Waals surface area contributed by atoms with Gasteiger partial charge in [0, 0.05) is 49.4 Å². The summed E-state index contributed by atoms with van der Waals surface area (Å²) in [7, 11) is 1.15. The molecule has 614 valence electrons. The van der Waals surface area contributed by atoms with Gasteiger partial charge in [-0.2, -0.15) is 4.98 Å². The molecule has 0 spiro atoms. The monoisotopic (exact) mass is 1580 g/mol. The SMILES string of the molecule is C=CCP(C)(=O)c1ccccc1Nc1nc(Nc2ccc(N3CCN(C)CC3)cc2OC)ncc1Cl.CCc1cc(C2CCC(C3CCC(C)CC3)CC2)ccc1Cc1ccc(C)c(Cc2ccccc2C(C)(C)C)c1.CCc1cc(C2CCC(C3CCCCC3)CC2)ccc1CC1C=C(Cc2ccccc2C(C)(C)C)C(C)=CC1. The van der Waals surface area contributed by atoms with Crippen LogP contribution in [0.3, 0.4) is 0 Å². The molecule has 1 saturated heterocycles. The van der Waals surface area contributed by atoms with E-state index in [-0.39, 0.29) is 10.8 Å². The minimum absolute atomic E-state index is 0.160. The fourth-order valence-electron chi connectivity index (χ4n) is 20.2. The number of likely N-dealkylation sites (N-methyl/N-ethyl adjacent to an activating group) is 1. The molecule has 115 heavy (non-hydrogen) atoms. The van der Waals surface area contributed by atoms with Crippen molar-refractivity contribution in [1.82, 2.24) is 14.9 Å². The van der Waals surface area contributed by atoms with Gasteiger partial charge in [0.1, 0.15) is 17.9 Å². The number of rotatable bonds is 23. The predicted octanol–water partition coefficient (Wildman–Crippen LogP) is 27.4. The molecule has 6 aliphatic rings. The highest BCUT2D eigenvalue weighted by atomic mass is 35.5. The smallest absolute Gasteiger partial charge is 0.229 e. The van der Waals surface area contributed by atoms with Gasteiger partial charge in [0.05, 0.1) is 24.7 Å². The summed E-state index contributed by atoms with van der Waals surface area (Å²) in [4.78, 5) is 13.6. The first-order valence-electron chi connectivity index (χ1n) is 44.6. The van der Waals surface area contributed by atoms with Crippen LogP contribution in [0.2, 0.25) is 5.02 Å². The molecule has 2 atom stereocenters. The Morgan fingerprint density at radius 2 is 1.15 bits per heavy atom. The molecule has 1 aromatic heterocycles. The molecular formula is C105H140ClN6O2P. The van der Waals surface area contributed by atoms with Gasteiger partial charge in [-0.05, 0) is 297 Å². The van der Waals surface area contributed by atoms with Gasteiger partial charge in [-0.25, -0.2) is 4.98 Å². The Labute approximate surface area is 700 Å². The second kappa shape index (κ2) is 40.3. The lowest BCUT2D eigenvalue weighted by Crippen LogP contribution is -2.44. The Kier molecular flexibility index (Phi) is 30.4. The van der Waals surface area contributed by atoms with Crippen molar-refractivity contribution in [1.29, 1.82) is 0 Å². The largest absolute Gasteiger partial charge is 0.494 e. The first-order chi connectivity index (χ1) is 55.3. The van der Waals surface area contributed by atoms with Crippen molar-refractivity contribution in [2.45, 2.75) is 253 Å². The molecule has 14 rings (SSSR count). The van der Waals surface area contributed by atoms with E-state index in [1.54, 1.807) is 47.7 Å². The Morgan fingerprint density at radius 1 is 0.583 bits per heavy atom. The number of allylic oxidation sites excluding steroid dienone is 5. The number of para-hydroxylation sites is 1. The maximum Gasteiger partial charge on any atom is 0.229 e. The average Bonchev–Trinajstić information content (AvgIpc) is 0.886. The molecule has 7 aromatic carbocycles. The van der Waals surface area contributed by atoms with Crippen LogP contribution in [0.25, 0.3) is 0 Å². The Hall–Kier alpha value is -7.48. The molecule has 0 radical (unpaired) electrons. The van der Waals surface area contributed by atoms with Gasteiger partial charge in [0.15, 0.2) is 5.82 Å². The zero-order valence-corrected chi connectivity index (χ0v) is 74.6. The summed E-state index contributed by atoms with van der Waals surface area (Å²) < 4.78 is 18.9. The molecule has 2 N–H and O–H groups in total. The second-order valence-electron chi connectivity index (χ2n) is 37.7. The van der Waals surface area contributed by atoms with E-state index < -0.39 is 7.14 Å². The molecule has 2 heterocycles. The fraction of sp³-hybridized carbons (Fsp3) is 0.505. The van der Waals surface area contributed by atoms with Crippen molar-refractivity contribution in [3.05, 3.63) is 265 Å². The Bertz CT molecular complexity index is 4630. The number of nitrogens with one attached hydrogen (secondary N) is 2. The van der Waals surface area contributed by atoms with Crippen LogP contribution in [0, 0.1) is 42.4 Å². The lowest BCUT2D eigenvalue weighted by atomic mass is 9.68. The van der Waals surface area contributed by atoms with E-state index in [9.17, 15) is 4.57 Å². The molecule has 5 aliphatic carbocycles. The van der Waals surface area contributed by atoms with Crippen LogP contribution in [0.5, 0.6) is 5.75 Å². The summed E-state index contributed by atoms with van der Waals surface area (Å²) >= 11 is 6.42. The normalized spacial score (nSPS) is 21.6. The van der Waals surface area contributed by atoms with Gasteiger partial charge in [0.2, 0.25) is 5.95 Å². The molecule has 1 aliphatic heterocycles. The quantitative estimate of drug-likeness (QED) is 0.0484. The summed E-state index contributed by atoms with van der Waals surface area (Å²) in [6.45, 7) is 35.2. The minimum atomic E-state index is -2.64. The van der Waals surface area contributed by atoms with Gasteiger partial charge >= 0.3 is 0 Å². The van der Waals surface area contributed by atoms with E-state index in [0.717, 1.165) is 116 Å². The Morgan fingerprint density at radius 3 is 1.75 bits per heavy atom. The van der Waals surface area contributed by atoms with E-state index in [0.29, 0.717) is 40.3 Å². The van der Waals surface area contributed by atoms with Crippen LogP contribution in [0.4, 0.5) is 28.8 Å². The van der Waals surface area contributed by atoms with Crippen LogP contribution >= 0.6 is 18.7 Å². The lowest BCUT2D eigenvalue weighted by Gasteiger charge is -2.37. The van der Waals surface area contributed by atoms with Crippen LogP contribution in [0.15, 0.2) is 188 Å². The maximum absolute atomic E-state index is 13.2. The molecule has 8 aromatic rings. The minimum Gasteiger partial charge on any atom is -0.494 e. The van der Waals surface area contributed by atoms with E-state index >= 15 is 0 Å². The lowest BCUT2D eigenvalue weighted by molar-refractivity contribution is 0.165. The van der Waals surface area contributed by atoms with E-state index in [4.69, 9.17) is 16.3 Å². The summed E-state index contributed by atoms with van der Waals surface area (Å²) in [5.41, 5.74) is 25.6. The topological polar surface area (TPSA) is 82.6 Å². The molecule has 10 heteroatoms. The average molecular weight is 1580 g/mol. The molecule has 5 fully saturated rings. The zero-order valence-electron chi connectivity index (χ0n) is 72.9. The van der Waals surface area contributed by atoms with Gasteiger partial charge in [-0.15, -0.1) is 6.58 Å². The molecule has 0 bridgehead atoms. The number of nitrogens with zero attached hydrogens (tertiary/aromatic N) is 4. The number of piperazine rings is 1. The van der Waals surface area contributed by atoms with Gasteiger partial charge < -0.3 is 29.7 Å². The molecular weight excluding hydrogens is 1440 g/mol. The summed E-state index contributed by atoms with van der Waals surface area (Å²) in [5, 5.41) is 7.55. The van der Waals surface area contributed by atoms with Crippen molar-refractivity contribution >= 4 is 52.9 Å². The highest BCUT2D eigenvalue weighted by molar-refractivity contribution is 7.71. The third-order valence-electron chi connectivity index (χ3n) is 27.3.